The zero-order valence-corrected chi connectivity index (χ0v) is 20.2. The summed E-state index contributed by atoms with van der Waals surface area (Å²) >= 11 is 3.08. The van der Waals surface area contributed by atoms with Gasteiger partial charge >= 0.3 is 0 Å². The van der Waals surface area contributed by atoms with Gasteiger partial charge in [-0.05, 0) is 66.1 Å². The fraction of sp³-hybridized carbons (Fsp3) is 0.185. The van der Waals surface area contributed by atoms with Gasteiger partial charge in [-0.15, -0.1) is 11.3 Å². The summed E-state index contributed by atoms with van der Waals surface area (Å²) in [6.45, 7) is 2.32. The lowest BCUT2D eigenvalue weighted by Crippen LogP contribution is -2.38. The van der Waals surface area contributed by atoms with Crippen LogP contribution < -0.4 is 19.6 Å². The summed E-state index contributed by atoms with van der Waals surface area (Å²) in [4.78, 5) is 20.6. The number of aryl methyl sites for hydroxylation is 1. The molecule has 1 N–H and O–H groups in total. The number of ether oxygens (including phenoxy) is 1. The Bertz CT molecular complexity index is 1610. The number of nitrogens with zero attached hydrogens (tertiary/aromatic N) is 2. The van der Waals surface area contributed by atoms with Crippen LogP contribution in [0, 0.1) is 0 Å². The molecule has 1 aliphatic heterocycles. The van der Waals surface area contributed by atoms with Crippen molar-refractivity contribution in [3.63, 3.8) is 0 Å². The summed E-state index contributed by atoms with van der Waals surface area (Å²) < 4.78 is 7.99. The van der Waals surface area contributed by atoms with Crippen LogP contribution in [-0.4, -0.2) is 16.3 Å². The minimum atomic E-state index is -0.138. The van der Waals surface area contributed by atoms with Gasteiger partial charge in [0.05, 0.1) is 22.9 Å². The molecule has 0 saturated carbocycles. The van der Waals surface area contributed by atoms with Crippen LogP contribution in [0.15, 0.2) is 75.3 Å². The van der Waals surface area contributed by atoms with E-state index in [9.17, 15) is 9.90 Å². The Balaban J connectivity index is 1.57. The minimum Gasteiger partial charge on any atom is -0.504 e. The fourth-order valence-electron chi connectivity index (χ4n) is 4.76. The van der Waals surface area contributed by atoms with Gasteiger partial charge in [-0.2, -0.15) is 0 Å². The van der Waals surface area contributed by atoms with E-state index in [-0.39, 0.29) is 17.4 Å². The van der Waals surface area contributed by atoms with Crippen LogP contribution in [0.3, 0.4) is 0 Å². The van der Waals surface area contributed by atoms with E-state index in [2.05, 4.69) is 35.7 Å². The van der Waals surface area contributed by atoms with Crippen molar-refractivity contribution in [2.24, 2.45) is 4.99 Å². The van der Waals surface area contributed by atoms with Crippen molar-refractivity contribution in [3.8, 4) is 11.5 Å². The van der Waals surface area contributed by atoms with E-state index in [1.54, 1.807) is 29.5 Å². The van der Waals surface area contributed by atoms with Crippen molar-refractivity contribution in [1.29, 1.82) is 0 Å². The van der Waals surface area contributed by atoms with E-state index < -0.39 is 0 Å². The van der Waals surface area contributed by atoms with Gasteiger partial charge in [0.1, 0.15) is 0 Å². The number of phenols is 1. The predicted octanol–water partition coefficient (Wildman–Crippen LogP) is 4.48. The quantitative estimate of drug-likeness (QED) is 0.463. The van der Waals surface area contributed by atoms with E-state index in [0.29, 0.717) is 21.7 Å². The van der Waals surface area contributed by atoms with Crippen molar-refractivity contribution >= 4 is 34.4 Å². The molecule has 0 saturated heterocycles. The lowest BCUT2D eigenvalue weighted by Gasteiger charge is -2.30. The number of thiazole rings is 1. The first-order chi connectivity index (χ1) is 16.6. The van der Waals surface area contributed by atoms with Crippen molar-refractivity contribution in [3.05, 3.63) is 107 Å². The Morgan fingerprint density at radius 2 is 2.06 bits per heavy atom. The van der Waals surface area contributed by atoms with E-state index >= 15 is 0 Å². The number of aromatic hydroxyl groups is 1. The van der Waals surface area contributed by atoms with E-state index in [1.807, 2.05) is 23.6 Å². The molecule has 2 aromatic heterocycles. The molecule has 0 amide bonds. The monoisotopic (exact) mass is 486 g/mol. The standard InChI is InChI=1S/C27H22N2O3S2/c1-2-32-21-14-16(9-12-20(21)30)15-23-26(31)29-25(22-8-5-13-33-22)19-11-10-17-6-3-4-7-18(17)24(19)28-27(29)34-23/h3-9,12-15,25,30H,2,10-11H2,1H3/b23-15+/t25-/m0/s1. The highest BCUT2D eigenvalue weighted by Gasteiger charge is 2.32. The smallest absolute Gasteiger partial charge is 0.271 e. The molecule has 1 aliphatic carbocycles. The summed E-state index contributed by atoms with van der Waals surface area (Å²) in [5.74, 6) is 0.497. The van der Waals surface area contributed by atoms with E-state index in [1.165, 1.54) is 28.0 Å². The molecule has 7 heteroatoms. The van der Waals surface area contributed by atoms with Crippen molar-refractivity contribution in [2.45, 2.75) is 25.8 Å². The number of hydrogen-bond donors (Lipinski definition) is 1. The molecule has 0 radical (unpaired) electrons. The third kappa shape index (κ3) is 3.43. The number of phenolic OH excluding ortho intramolecular Hbond substituents is 1. The minimum absolute atomic E-state index is 0.0430. The number of benzene rings is 2. The van der Waals surface area contributed by atoms with Crippen LogP contribution in [-0.2, 0) is 6.42 Å². The second-order valence-electron chi connectivity index (χ2n) is 8.29. The zero-order valence-electron chi connectivity index (χ0n) is 18.5. The number of aromatic nitrogens is 1. The zero-order chi connectivity index (χ0) is 23.2. The maximum absolute atomic E-state index is 13.7. The Morgan fingerprint density at radius 1 is 1.18 bits per heavy atom. The predicted molar refractivity (Wildman–Crippen MR) is 136 cm³/mol. The van der Waals surface area contributed by atoms with Gasteiger partial charge in [-0.25, -0.2) is 4.99 Å². The number of rotatable bonds is 4. The van der Waals surface area contributed by atoms with Crippen LogP contribution in [0.25, 0.3) is 11.8 Å². The molecular formula is C27H22N2O3S2. The fourth-order valence-corrected chi connectivity index (χ4v) is 6.61. The maximum Gasteiger partial charge on any atom is 0.271 e. The summed E-state index contributed by atoms with van der Waals surface area (Å²) in [5, 5.41) is 12.1. The highest BCUT2D eigenvalue weighted by molar-refractivity contribution is 7.10. The Labute approximate surface area is 204 Å². The van der Waals surface area contributed by atoms with E-state index in [0.717, 1.165) is 29.0 Å². The van der Waals surface area contributed by atoms with Gasteiger partial charge in [0.25, 0.3) is 5.56 Å². The first-order valence-electron chi connectivity index (χ1n) is 11.3. The van der Waals surface area contributed by atoms with Gasteiger partial charge in [-0.1, -0.05) is 47.7 Å². The Kier molecular flexibility index (Phi) is 5.23. The molecule has 34 heavy (non-hydrogen) atoms. The largest absolute Gasteiger partial charge is 0.504 e. The average Bonchev–Trinajstić information content (AvgIpc) is 3.49. The molecule has 5 nitrogen and oxygen atoms in total. The third-order valence-corrected chi connectivity index (χ3v) is 8.17. The van der Waals surface area contributed by atoms with Crippen LogP contribution in [0.1, 0.15) is 41.0 Å². The average molecular weight is 487 g/mol. The first kappa shape index (κ1) is 21.1. The van der Waals surface area contributed by atoms with Crippen LogP contribution >= 0.6 is 22.7 Å². The van der Waals surface area contributed by atoms with Gasteiger partial charge in [0, 0.05) is 10.4 Å². The molecule has 2 aromatic carbocycles. The highest BCUT2D eigenvalue weighted by Crippen LogP contribution is 2.42. The lowest BCUT2D eigenvalue weighted by atomic mass is 9.85. The van der Waals surface area contributed by atoms with Gasteiger partial charge < -0.3 is 9.84 Å². The number of allylic oxidation sites excluding steroid dienone is 1. The first-order valence-corrected chi connectivity index (χ1v) is 13.0. The summed E-state index contributed by atoms with van der Waals surface area (Å²) in [7, 11) is 0. The maximum atomic E-state index is 13.7. The normalized spacial score (nSPS) is 17.1. The van der Waals surface area contributed by atoms with Crippen molar-refractivity contribution in [1.82, 2.24) is 4.57 Å². The lowest BCUT2D eigenvalue weighted by molar-refractivity contribution is 0.318. The van der Waals surface area contributed by atoms with Crippen LogP contribution in [0.4, 0.5) is 0 Å². The molecule has 170 valence electrons. The number of fused-ring (bicyclic) bond motifs is 3. The highest BCUT2D eigenvalue weighted by atomic mass is 32.1. The molecule has 0 spiro atoms. The molecule has 0 bridgehead atoms. The molecule has 6 rings (SSSR count). The van der Waals surface area contributed by atoms with Crippen molar-refractivity contribution < 1.29 is 9.84 Å². The molecule has 2 aliphatic rings. The third-order valence-electron chi connectivity index (χ3n) is 6.27. The summed E-state index contributed by atoms with van der Waals surface area (Å²) in [5.41, 5.74) is 5.45. The second-order valence-corrected chi connectivity index (χ2v) is 10.3. The second kappa shape index (κ2) is 8.42. The summed E-state index contributed by atoms with van der Waals surface area (Å²) in [6.07, 6.45) is 3.69. The molecule has 0 unspecified atom stereocenters. The van der Waals surface area contributed by atoms with Gasteiger partial charge in [-0.3, -0.25) is 9.36 Å². The molecular weight excluding hydrogens is 464 g/mol. The number of thiophene rings is 1. The Morgan fingerprint density at radius 3 is 2.88 bits per heavy atom. The SMILES string of the molecule is CCOc1cc(/C=c2/sc3n(c2=O)[C@H](c2cccs2)C2=C(N=3)c3ccccc3CC2)ccc1O. The molecule has 3 heterocycles. The molecule has 1 atom stereocenters. The van der Waals surface area contributed by atoms with Crippen LogP contribution in [0.2, 0.25) is 0 Å². The molecule has 4 aromatic rings. The number of hydrogen-bond acceptors (Lipinski definition) is 6. The van der Waals surface area contributed by atoms with Gasteiger partial charge in [0.15, 0.2) is 16.3 Å². The molecule has 0 fully saturated rings. The van der Waals surface area contributed by atoms with Gasteiger partial charge in [0.2, 0.25) is 0 Å². The summed E-state index contributed by atoms with van der Waals surface area (Å²) in [6, 6.07) is 17.6. The van der Waals surface area contributed by atoms with E-state index in [4.69, 9.17) is 9.73 Å². The topological polar surface area (TPSA) is 63.8 Å². The van der Waals surface area contributed by atoms with Crippen molar-refractivity contribution in [2.75, 3.05) is 6.61 Å². The van der Waals surface area contributed by atoms with Crippen LogP contribution in [0.5, 0.6) is 11.5 Å². The Hall–Kier alpha value is -3.42.